The monoisotopic (exact) mass is 997 g/mol. The summed E-state index contributed by atoms with van der Waals surface area (Å²) in [5, 5.41) is 31.0. The molecule has 13 heteroatoms. The zero-order chi connectivity index (χ0) is 50.5. The maximum Gasteiger partial charge on any atom is 0.306 e. The van der Waals surface area contributed by atoms with Crippen LogP contribution in [-0.4, -0.2) is 96.0 Å². The largest absolute Gasteiger partial charge is 0.462 e. The summed E-state index contributed by atoms with van der Waals surface area (Å²) < 4.78 is 54.3. The maximum atomic E-state index is 12.9. The smallest absolute Gasteiger partial charge is 0.306 e. The first-order valence-electron chi connectivity index (χ1n) is 27.7. The Morgan fingerprint density at radius 3 is 1.33 bits per heavy atom. The Morgan fingerprint density at radius 2 is 0.884 bits per heavy atom. The summed E-state index contributed by atoms with van der Waals surface area (Å²) in [7, 11) is -4.61. The molecule has 1 saturated heterocycles. The highest BCUT2D eigenvalue weighted by atomic mass is 32.2. The summed E-state index contributed by atoms with van der Waals surface area (Å²) >= 11 is 0. The molecule has 0 aliphatic carbocycles. The molecule has 4 N–H and O–H groups in total. The standard InChI is InChI=1S/C56H100O12S/c1-3-5-7-9-11-13-15-17-19-21-23-25-27-28-30-32-34-36-38-40-42-44-51(57)65-46-49(47-66-56-55(61)54(60)53(59)50(68-56)48-69(62,63)64)67-52(58)45-43-41-39-37-35-33-31-29-26-24-22-20-18-16-14-12-10-8-6-4-2/h19,21,25,27,30,32,36,38,49-50,53-56,59-61H,3-18,20,22-24,26,28-29,31,33-35,37,39-48H2,1-2H3,(H,62,63,64)/b21-19+,27-25+,32-30+,38-36+/t49-,50-,53-,54?,55?,56+/m1/s1. The molecule has 0 spiro atoms. The van der Waals surface area contributed by atoms with E-state index in [0.717, 1.165) is 38.5 Å². The Bertz CT molecular complexity index is 1450. The number of esters is 2. The first kappa shape index (κ1) is 64.6. The van der Waals surface area contributed by atoms with Crippen molar-refractivity contribution in [1.82, 2.24) is 0 Å². The minimum absolute atomic E-state index is 0.144. The second kappa shape index (κ2) is 45.5. The van der Waals surface area contributed by atoms with Crippen molar-refractivity contribution in [2.45, 2.75) is 275 Å². The quantitative estimate of drug-likeness (QED) is 0.0196. The van der Waals surface area contributed by atoms with Crippen molar-refractivity contribution in [2.75, 3.05) is 19.0 Å². The van der Waals surface area contributed by atoms with Gasteiger partial charge in [-0.05, 0) is 51.4 Å². The Morgan fingerprint density at radius 1 is 0.493 bits per heavy atom. The minimum Gasteiger partial charge on any atom is -0.462 e. The number of ether oxygens (including phenoxy) is 4. The van der Waals surface area contributed by atoms with E-state index in [0.29, 0.717) is 19.3 Å². The number of carbonyl (C=O) groups excluding carboxylic acids is 2. The van der Waals surface area contributed by atoms with Gasteiger partial charge in [0, 0.05) is 12.8 Å². The van der Waals surface area contributed by atoms with Gasteiger partial charge in [-0.1, -0.05) is 223 Å². The van der Waals surface area contributed by atoms with E-state index in [-0.39, 0.29) is 19.4 Å². The fourth-order valence-corrected chi connectivity index (χ4v) is 9.07. The van der Waals surface area contributed by atoms with Gasteiger partial charge in [0.15, 0.2) is 12.4 Å². The number of aliphatic hydroxyl groups is 3. The molecule has 0 amide bonds. The molecule has 0 saturated carbocycles. The van der Waals surface area contributed by atoms with Gasteiger partial charge >= 0.3 is 11.9 Å². The van der Waals surface area contributed by atoms with Crippen LogP contribution >= 0.6 is 0 Å². The lowest BCUT2D eigenvalue weighted by Gasteiger charge is -2.40. The van der Waals surface area contributed by atoms with Crippen LogP contribution in [-0.2, 0) is 38.7 Å². The second-order valence-corrected chi connectivity index (χ2v) is 20.8. The molecule has 0 bridgehead atoms. The van der Waals surface area contributed by atoms with Gasteiger partial charge in [-0.2, -0.15) is 8.42 Å². The van der Waals surface area contributed by atoms with Crippen LogP contribution in [0.4, 0.5) is 0 Å². The number of allylic oxidation sites excluding steroid dienone is 8. The van der Waals surface area contributed by atoms with Gasteiger partial charge in [-0.25, -0.2) is 0 Å². The third kappa shape index (κ3) is 39.9. The summed E-state index contributed by atoms with van der Waals surface area (Å²) in [5.74, 6) is -2.05. The third-order valence-corrected chi connectivity index (χ3v) is 13.4. The number of unbranched alkanes of at least 4 members (excludes halogenated alkanes) is 27. The normalized spacial score (nSPS) is 19.4. The number of rotatable bonds is 47. The van der Waals surface area contributed by atoms with Crippen molar-refractivity contribution in [3.05, 3.63) is 48.6 Å². The second-order valence-electron chi connectivity index (χ2n) is 19.3. The van der Waals surface area contributed by atoms with E-state index in [1.54, 1.807) is 0 Å². The highest BCUT2D eigenvalue weighted by Crippen LogP contribution is 2.24. The third-order valence-electron chi connectivity index (χ3n) is 12.7. The molecule has 0 aromatic rings. The molecule has 69 heavy (non-hydrogen) atoms. The summed E-state index contributed by atoms with van der Waals surface area (Å²) in [6.07, 6.45) is 47.3. The van der Waals surface area contributed by atoms with E-state index in [2.05, 4.69) is 56.4 Å². The van der Waals surface area contributed by atoms with Crippen molar-refractivity contribution >= 4 is 22.1 Å². The average molecular weight is 997 g/mol. The lowest BCUT2D eigenvalue weighted by molar-refractivity contribution is -0.297. The van der Waals surface area contributed by atoms with Crippen molar-refractivity contribution in [1.29, 1.82) is 0 Å². The van der Waals surface area contributed by atoms with Crippen molar-refractivity contribution in [3.63, 3.8) is 0 Å². The zero-order valence-corrected chi connectivity index (χ0v) is 44.2. The molecule has 0 aromatic heterocycles. The van der Waals surface area contributed by atoms with Gasteiger partial charge in [-0.15, -0.1) is 0 Å². The predicted octanol–water partition coefficient (Wildman–Crippen LogP) is 13.1. The molecular formula is C56H100O12S. The van der Waals surface area contributed by atoms with E-state index in [1.165, 1.54) is 154 Å². The van der Waals surface area contributed by atoms with Gasteiger partial charge in [-0.3, -0.25) is 14.1 Å². The zero-order valence-electron chi connectivity index (χ0n) is 43.4. The molecule has 2 unspecified atom stereocenters. The lowest BCUT2D eigenvalue weighted by Crippen LogP contribution is -2.60. The van der Waals surface area contributed by atoms with Crippen LogP contribution in [0, 0.1) is 0 Å². The number of carbonyl (C=O) groups is 2. The molecule has 6 atom stereocenters. The summed E-state index contributed by atoms with van der Waals surface area (Å²) in [6.45, 7) is 3.75. The van der Waals surface area contributed by atoms with Crippen molar-refractivity contribution < 1.29 is 56.8 Å². The maximum absolute atomic E-state index is 12.9. The van der Waals surface area contributed by atoms with Crippen LogP contribution in [0.1, 0.15) is 239 Å². The van der Waals surface area contributed by atoms with Crippen molar-refractivity contribution in [3.8, 4) is 0 Å². The van der Waals surface area contributed by atoms with E-state index >= 15 is 0 Å². The van der Waals surface area contributed by atoms with Crippen LogP contribution < -0.4 is 0 Å². The molecule has 1 aliphatic heterocycles. The predicted molar refractivity (Wildman–Crippen MR) is 279 cm³/mol. The first-order chi connectivity index (χ1) is 33.5. The number of hydrogen-bond donors (Lipinski definition) is 4. The Balaban J connectivity index is 2.38. The molecule has 1 rings (SSSR count). The Hall–Kier alpha value is -2.39. The molecule has 12 nitrogen and oxygen atoms in total. The fourth-order valence-electron chi connectivity index (χ4n) is 8.38. The van der Waals surface area contributed by atoms with Crippen LogP contribution in [0.5, 0.6) is 0 Å². The lowest BCUT2D eigenvalue weighted by atomic mass is 10.00. The van der Waals surface area contributed by atoms with E-state index in [9.17, 15) is 37.9 Å². The number of hydrogen-bond acceptors (Lipinski definition) is 11. The summed E-state index contributed by atoms with van der Waals surface area (Å²) in [5.41, 5.74) is 0. The summed E-state index contributed by atoms with van der Waals surface area (Å²) in [4.78, 5) is 25.6. The molecular weight excluding hydrogens is 897 g/mol. The van der Waals surface area contributed by atoms with E-state index < -0.39 is 71.2 Å². The molecule has 1 aliphatic rings. The van der Waals surface area contributed by atoms with Gasteiger partial charge in [0.1, 0.15) is 36.8 Å². The Kier molecular flexibility index (Phi) is 42.6. The highest BCUT2D eigenvalue weighted by Gasteiger charge is 2.46. The van der Waals surface area contributed by atoms with Gasteiger partial charge < -0.3 is 34.3 Å². The number of aliphatic hydroxyl groups excluding tert-OH is 3. The molecule has 0 radical (unpaired) electrons. The Labute approximate surface area is 420 Å². The van der Waals surface area contributed by atoms with Gasteiger partial charge in [0.05, 0.1) is 6.61 Å². The first-order valence-corrected chi connectivity index (χ1v) is 29.3. The fraction of sp³-hybridized carbons (Fsp3) is 0.821. The molecule has 1 heterocycles. The van der Waals surface area contributed by atoms with E-state index in [1.807, 2.05) is 6.08 Å². The molecule has 402 valence electrons. The van der Waals surface area contributed by atoms with Gasteiger partial charge in [0.25, 0.3) is 10.1 Å². The summed E-state index contributed by atoms with van der Waals surface area (Å²) in [6, 6.07) is 0. The van der Waals surface area contributed by atoms with Crippen LogP contribution in [0.3, 0.4) is 0 Å². The van der Waals surface area contributed by atoms with Crippen LogP contribution in [0.15, 0.2) is 48.6 Å². The minimum atomic E-state index is -4.61. The van der Waals surface area contributed by atoms with E-state index in [4.69, 9.17) is 18.9 Å². The van der Waals surface area contributed by atoms with Crippen molar-refractivity contribution in [2.24, 2.45) is 0 Å². The van der Waals surface area contributed by atoms with Crippen LogP contribution in [0.25, 0.3) is 0 Å². The SMILES string of the molecule is CCCCCCCCC/C=C/C/C=C/C/C=C/C/C=C/CCCC(=O)OC[C@H](CO[C@H]1O[C@H](CS(=O)(=O)O)[C@@H](O)C(O)C1O)OC(=O)CCCCCCCCCCCCCCCCCCCCCC. The highest BCUT2D eigenvalue weighted by molar-refractivity contribution is 7.85. The van der Waals surface area contributed by atoms with Crippen LogP contribution in [0.2, 0.25) is 0 Å². The average Bonchev–Trinajstić information content (AvgIpc) is 3.32. The topological polar surface area (TPSA) is 186 Å². The molecule has 1 fully saturated rings. The molecule has 0 aromatic carbocycles. The van der Waals surface area contributed by atoms with Gasteiger partial charge in [0.2, 0.25) is 0 Å².